The third-order valence-corrected chi connectivity index (χ3v) is 1.94. The van der Waals surface area contributed by atoms with Crippen molar-refractivity contribution in [2.45, 2.75) is 0 Å². The number of hydrogen-bond acceptors (Lipinski definition) is 3. The number of nitrogens with zero attached hydrogens (tertiary/aromatic N) is 4. The van der Waals surface area contributed by atoms with Gasteiger partial charge < -0.3 is 0 Å². The fraction of sp³-hybridized carbons (Fsp3) is 0. The van der Waals surface area contributed by atoms with Crippen molar-refractivity contribution in [1.82, 2.24) is 19.7 Å². The Hall–Kier alpha value is -1.23. The zero-order valence-electron chi connectivity index (χ0n) is 6.05. The third kappa shape index (κ3) is 1.23. The van der Waals surface area contributed by atoms with Gasteiger partial charge >= 0.3 is 0 Å². The van der Waals surface area contributed by atoms with E-state index < -0.39 is 0 Å². The van der Waals surface area contributed by atoms with E-state index in [1.165, 1.54) is 0 Å². The molecule has 0 saturated heterocycles. The van der Waals surface area contributed by atoms with E-state index in [-0.39, 0.29) is 0 Å². The molecule has 4 nitrogen and oxygen atoms in total. The molecule has 2 aromatic heterocycles. The van der Waals surface area contributed by atoms with Crippen LogP contribution in [0.25, 0.3) is 5.82 Å². The molecule has 0 unspecified atom stereocenters. The normalized spacial score (nSPS) is 10.1. The summed E-state index contributed by atoms with van der Waals surface area (Å²) in [6.45, 7) is 0. The molecule has 60 valence electrons. The van der Waals surface area contributed by atoms with Crippen LogP contribution in [0.2, 0.25) is 0 Å². The minimum Gasteiger partial charge on any atom is -0.260 e. The van der Waals surface area contributed by atoms with Gasteiger partial charge in [0.05, 0.1) is 0 Å². The molecule has 0 saturated carbocycles. The summed E-state index contributed by atoms with van der Waals surface area (Å²) in [5.74, 6) is 0.800. The van der Waals surface area contributed by atoms with Crippen molar-refractivity contribution in [1.29, 1.82) is 0 Å². The van der Waals surface area contributed by atoms with Crippen molar-refractivity contribution >= 4 is 15.9 Å². The van der Waals surface area contributed by atoms with E-state index in [2.05, 4.69) is 31.1 Å². The molecule has 0 aliphatic carbocycles. The van der Waals surface area contributed by atoms with Crippen LogP contribution in [0.15, 0.2) is 35.5 Å². The van der Waals surface area contributed by atoms with Gasteiger partial charge in [0.25, 0.3) is 0 Å². The van der Waals surface area contributed by atoms with Crippen LogP contribution < -0.4 is 0 Å². The summed E-state index contributed by atoms with van der Waals surface area (Å²) >= 11 is 3.25. The molecule has 2 heterocycles. The van der Waals surface area contributed by atoms with Crippen LogP contribution in [0, 0.1) is 0 Å². The molecule has 0 aromatic carbocycles. The largest absolute Gasteiger partial charge is 0.260 e. The van der Waals surface area contributed by atoms with E-state index in [1.54, 1.807) is 17.1 Å². The van der Waals surface area contributed by atoms with Crippen molar-refractivity contribution in [2.75, 3.05) is 0 Å². The van der Waals surface area contributed by atoms with Crippen molar-refractivity contribution in [3.8, 4) is 5.82 Å². The molecule has 5 heteroatoms. The van der Waals surface area contributed by atoms with Crippen LogP contribution in [0.1, 0.15) is 0 Å². The molecule has 0 atom stereocenters. The molecule has 2 rings (SSSR count). The fourth-order valence-electron chi connectivity index (χ4n) is 0.871. The maximum atomic E-state index is 4.14. The summed E-state index contributed by atoms with van der Waals surface area (Å²) in [6.07, 6.45) is 3.33. The average molecular weight is 225 g/mol. The predicted molar refractivity (Wildman–Crippen MR) is 46.9 cm³/mol. The summed E-state index contributed by atoms with van der Waals surface area (Å²) in [5.41, 5.74) is 0. The lowest BCUT2D eigenvalue weighted by Gasteiger charge is -1.98. The van der Waals surface area contributed by atoms with E-state index in [0.29, 0.717) is 4.73 Å². The minimum atomic E-state index is 0.654. The Bertz CT molecular complexity index is 370. The first-order valence-corrected chi connectivity index (χ1v) is 4.14. The van der Waals surface area contributed by atoms with Gasteiger partial charge in [0.1, 0.15) is 12.1 Å². The van der Waals surface area contributed by atoms with Gasteiger partial charge in [-0.15, -0.1) is 10.2 Å². The summed E-state index contributed by atoms with van der Waals surface area (Å²) in [4.78, 5) is 4.14. The molecule has 0 aliphatic heterocycles. The monoisotopic (exact) mass is 224 g/mol. The molecular formula is C7H5BrN4. The van der Waals surface area contributed by atoms with Gasteiger partial charge in [-0.25, -0.2) is 4.98 Å². The van der Waals surface area contributed by atoms with Crippen LogP contribution in [0.3, 0.4) is 0 Å². The van der Waals surface area contributed by atoms with Gasteiger partial charge in [0, 0.05) is 6.20 Å². The fourth-order valence-corrected chi connectivity index (χ4v) is 1.24. The maximum absolute atomic E-state index is 4.14. The van der Waals surface area contributed by atoms with Gasteiger partial charge in [-0.05, 0) is 28.1 Å². The van der Waals surface area contributed by atoms with Gasteiger partial charge in [-0.2, -0.15) is 0 Å². The third-order valence-electron chi connectivity index (χ3n) is 1.40. The Morgan fingerprint density at radius 1 is 1.33 bits per heavy atom. The van der Waals surface area contributed by atoms with E-state index in [4.69, 9.17) is 0 Å². The average Bonchev–Trinajstić information content (AvgIpc) is 2.53. The van der Waals surface area contributed by atoms with Crippen LogP contribution in [0.4, 0.5) is 0 Å². The Morgan fingerprint density at radius 2 is 2.25 bits per heavy atom. The molecule has 0 fully saturated rings. The smallest absolute Gasteiger partial charge is 0.205 e. The second-order valence-electron chi connectivity index (χ2n) is 2.16. The quantitative estimate of drug-likeness (QED) is 0.737. The SMILES string of the molecule is Brc1nncn1-c1ccccn1. The lowest BCUT2D eigenvalue weighted by Crippen LogP contribution is -1.94. The van der Waals surface area contributed by atoms with Gasteiger partial charge in [-0.1, -0.05) is 6.07 Å². The summed E-state index contributed by atoms with van der Waals surface area (Å²) in [7, 11) is 0. The number of rotatable bonds is 1. The topological polar surface area (TPSA) is 43.6 Å². The molecule has 0 N–H and O–H groups in total. The second-order valence-corrected chi connectivity index (χ2v) is 2.87. The van der Waals surface area contributed by atoms with Crippen LogP contribution in [-0.4, -0.2) is 19.7 Å². The van der Waals surface area contributed by atoms with E-state index in [9.17, 15) is 0 Å². The zero-order chi connectivity index (χ0) is 8.39. The van der Waals surface area contributed by atoms with E-state index in [0.717, 1.165) is 5.82 Å². The Balaban J connectivity index is 2.51. The second kappa shape index (κ2) is 3.02. The molecule has 0 radical (unpaired) electrons. The molecule has 0 bridgehead atoms. The highest BCUT2D eigenvalue weighted by Gasteiger charge is 2.01. The molecular weight excluding hydrogens is 220 g/mol. The van der Waals surface area contributed by atoms with Gasteiger partial charge in [-0.3, -0.25) is 4.57 Å². The number of hydrogen-bond donors (Lipinski definition) is 0. The van der Waals surface area contributed by atoms with E-state index in [1.807, 2.05) is 18.2 Å². The predicted octanol–water partition coefficient (Wildman–Crippen LogP) is 1.42. The highest BCUT2D eigenvalue weighted by atomic mass is 79.9. The van der Waals surface area contributed by atoms with Gasteiger partial charge in [0.2, 0.25) is 4.73 Å². The molecule has 0 aliphatic rings. The first-order chi connectivity index (χ1) is 5.88. The molecule has 12 heavy (non-hydrogen) atoms. The summed E-state index contributed by atoms with van der Waals surface area (Å²) in [5, 5.41) is 7.51. The van der Waals surface area contributed by atoms with Crippen molar-refractivity contribution in [3.63, 3.8) is 0 Å². The van der Waals surface area contributed by atoms with E-state index >= 15 is 0 Å². The van der Waals surface area contributed by atoms with Crippen LogP contribution >= 0.6 is 15.9 Å². The number of aromatic nitrogens is 4. The zero-order valence-corrected chi connectivity index (χ0v) is 7.64. The Morgan fingerprint density at radius 3 is 2.83 bits per heavy atom. The highest BCUT2D eigenvalue weighted by Crippen LogP contribution is 2.10. The molecule has 0 spiro atoms. The van der Waals surface area contributed by atoms with Gasteiger partial charge in [0.15, 0.2) is 0 Å². The van der Waals surface area contributed by atoms with Crippen LogP contribution in [-0.2, 0) is 0 Å². The van der Waals surface area contributed by atoms with Crippen molar-refractivity contribution < 1.29 is 0 Å². The summed E-state index contributed by atoms with van der Waals surface area (Å²) in [6, 6.07) is 5.66. The first-order valence-electron chi connectivity index (χ1n) is 3.35. The van der Waals surface area contributed by atoms with Crippen molar-refractivity contribution in [3.05, 3.63) is 35.5 Å². The molecule has 0 amide bonds. The van der Waals surface area contributed by atoms with Crippen molar-refractivity contribution in [2.24, 2.45) is 0 Å². The molecule has 2 aromatic rings. The summed E-state index contributed by atoms with van der Waals surface area (Å²) < 4.78 is 2.40. The lowest BCUT2D eigenvalue weighted by molar-refractivity contribution is 0.961. The Kier molecular flexibility index (Phi) is 1.87. The van der Waals surface area contributed by atoms with Crippen LogP contribution in [0.5, 0.6) is 0 Å². The highest BCUT2D eigenvalue weighted by molar-refractivity contribution is 9.10. The first kappa shape index (κ1) is 7.42. The Labute approximate surface area is 77.4 Å². The lowest BCUT2D eigenvalue weighted by atomic mass is 10.5. The maximum Gasteiger partial charge on any atom is 0.205 e. The minimum absolute atomic E-state index is 0.654. The number of halogens is 1. The number of pyridine rings is 1. The standard InChI is InChI=1S/C7H5BrN4/c8-7-11-10-5-12(7)6-3-1-2-4-9-6/h1-5H.